The number of hydrogen-bond acceptors (Lipinski definition) is 2. The highest BCUT2D eigenvalue weighted by Crippen LogP contribution is 2.49. The number of hydrogen-bond donors (Lipinski definition) is 1. The van der Waals surface area contributed by atoms with Crippen LogP contribution in [-0.2, 0) is 4.79 Å². The van der Waals surface area contributed by atoms with Crippen LogP contribution in [0.4, 0.5) is 0 Å². The first-order valence-electron chi connectivity index (χ1n) is 6.18. The fraction of sp³-hybridized carbons (Fsp3) is 0.533. The minimum atomic E-state index is -0.284. The molecule has 1 fully saturated rings. The molecule has 2 aliphatic rings. The van der Waals surface area contributed by atoms with Gasteiger partial charge >= 0.3 is 0 Å². The number of carbonyl (C=O) groups is 1. The van der Waals surface area contributed by atoms with Crippen molar-refractivity contribution in [2.24, 2.45) is 11.3 Å². The Morgan fingerprint density at radius 3 is 2.82 bits per heavy atom. The van der Waals surface area contributed by atoms with Crippen LogP contribution in [0.3, 0.4) is 0 Å². The molecule has 1 saturated carbocycles. The Balaban J connectivity index is 2.49. The van der Waals surface area contributed by atoms with Gasteiger partial charge in [0.1, 0.15) is 0 Å². The third kappa shape index (κ3) is 1.81. The lowest BCUT2D eigenvalue weighted by Crippen LogP contribution is -2.41. The topological polar surface area (TPSA) is 37.3 Å². The lowest BCUT2D eigenvalue weighted by Gasteiger charge is -2.44. The summed E-state index contributed by atoms with van der Waals surface area (Å²) in [5.41, 5.74) is 2.47. The SMILES string of the molecule is C=C(C)C1=C[C@]2(C)C(=CC1=O)CC[C@H](O)[C@H]2C. The molecule has 0 saturated heterocycles. The van der Waals surface area contributed by atoms with E-state index in [9.17, 15) is 9.90 Å². The van der Waals surface area contributed by atoms with Crippen LogP contribution in [0.1, 0.15) is 33.6 Å². The van der Waals surface area contributed by atoms with E-state index in [2.05, 4.69) is 20.4 Å². The fourth-order valence-corrected chi connectivity index (χ4v) is 2.91. The van der Waals surface area contributed by atoms with Crippen molar-refractivity contribution >= 4 is 5.78 Å². The molecule has 2 heteroatoms. The van der Waals surface area contributed by atoms with Crippen LogP contribution in [0, 0.1) is 11.3 Å². The number of aliphatic hydroxyl groups is 1. The molecule has 17 heavy (non-hydrogen) atoms. The highest BCUT2D eigenvalue weighted by atomic mass is 16.3. The summed E-state index contributed by atoms with van der Waals surface area (Å²) in [7, 11) is 0. The van der Waals surface area contributed by atoms with Gasteiger partial charge in [0.05, 0.1) is 6.10 Å². The summed E-state index contributed by atoms with van der Waals surface area (Å²) < 4.78 is 0. The third-order valence-corrected chi connectivity index (χ3v) is 4.40. The zero-order valence-electron chi connectivity index (χ0n) is 10.8. The van der Waals surface area contributed by atoms with Crippen molar-refractivity contribution in [1.82, 2.24) is 0 Å². The van der Waals surface area contributed by atoms with Gasteiger partial charge in [-0.05, 0) is 37.3 Å². The van der Waals surface area contributed by atoms with Gasteiger partial charge in [-0.15, -0.1) is 0 Å². The second kappa shape index (κ2) is 3.95. The van der Waals surface area contributed by atoms with Crippen molar-refractivity contribution in [3.8, 4) is 0 Å². The van der Waals surface area contributed by atoms with E-state index in [1.807, 2.05) is 13.0 Å². The molecule has 0 heterocycles. The average Bonchev–Trinajstić information content (AvgIpc) is 2.26. The van der Waals surface area contributed by atoms with Crippen LogP contribution in [0.2, 0.25) is 0 Å². The molecule has 0 aromatic carbocycles. The zero-order chi connectivity index (χ0) is 12.8. The van der Waals surface area contributed by atoms with Gasteiger partial charge in [-0.2, -0.15) is 0 Å². The summed E-state index contributed by atoms with van der Waals surface area (Å²) in [5, 5.41) is 10.0. The van der Waals surface area contributed by atoms with Crippen LogP contribution in [-0.4, -0.2) is 17.0 Å². The molecular weight excluding hydrogens is 212 g/mol. The van der Waals surface area contributed by atoms with Gasteiger partial charge in [0.2, 0.25) is 0 Å². The van der Waals surface area contributed by atoms with E-state index in [1.165, 1.54) is 0 Å². The molecule has 2 aliphatic carbocycles. The molecule has 3 atom stereocenters. The van der Waals surface area contributed by atoms with Crippen molar-refractivity contribution in [2.45, 2.75) is 39.7 Å². The lowest BCUT2D eigenvalue weighted by molar-refractivity contribution is -0.111. The van der Waals surface area contributed by atoms with Crippen molar-refractivity contribution in [3.05, 3.63) is 35.5 Å². The van der Waals surface area contributed by atoms with E-state index >= 15 is 0 Å². The lowest BCUT2D eigenvalue weighted by atomic mass is 9.61. The van der Waals surface area contributed by atoms with Gasteiger partial charge in [-0.3, -0.25) is 4.79 Å². The van der Waals surface area contributed by atoms with Crippen LogP contribution < -0.4 is 0 Å². The average molecular weight is 232 g/mol. The summed E-state index contributed by atoms with van der Waals surface area (Å²) in [4.78, 5) is 12.0. The van der Waals surface area contributed by atoms with Crippen molar-refractivity contribution in [1.29, 1.82) is 0 Å². The van der Waals surface area contributed by atoms with E-state index in [0.717, 1.165) is 24.0 Å². The van der Waals surface area contributed by atoms with Crippen LogP contribution in [0.25, 0.3) is 0 Å². The molecule has 0 aromatic heterocycles. The minimum Gasteiger partial charge on any atom is -0.393 e. The Labute approximate surface area is 103 Å². The molecule has 0 aliphatic heterocycles. The number of carbonyl (C=O) groups excluding carboxylic acids is 1. The molecular formula is C15H20O2. The first kappa shape index (κ1) is 12.3. The molecule has 0 unspecified atom stereocenters. The first-order valence-corrected chi connectivity index (χ1v) is 6.18. The molecule has 2 rings (SSSR count). The summed E-state index contributed by atoms with van der Waals surface area (Å²) in [5.74, 6) is 0.207. The van der Waals surface area contributed by atoms with Gasteiger partial charge in [0.15, 0.2) is 5.78 Å². The smallest absolute Gasteiger partial charge is 0.185 e. The predicted molar refractivity (Wildman–Crippen MR) is 68.5 cm³/mol. The molecule has 92 valence electrons. The van der Waals surface area contributed by atoms with E-state index < -0.39 is 0 Å². The zero-order valence-corrected chi connectivity index (χ0v) is 10.8. The third-order valence-electron chi connectivity index (χ3n) is 4.40. The fourth-order valence-electron chi connectivity index (χ4n) is 2.91. The van der Waals surface area contributed by atoms with E-state index in [0.29, 0.717) is 5.57 Å². The Kier molecular flexibility index (Phi) is 2.86. The maximum Gasteiger partial charge on any atom is 0.185 e. The second-order valence-corrected chi connectivity index (χ2v) is 5.55. The number of rotatable bonds is 1. The highest BCUT2D eigenvalue weighted by molar-refractivity contribution is 6.08. The quantitative estimate of drug-likeness (QED) is 0.754. The Bertz CT molecular complexity index is 442. The largest absolute Gasteiger partial charge is 0.393 e. The molecule has 0 spiro atoms. The van der Waals surface area contributed by atoms with E-state index in [-0.39, 0.29) is 23.2 Å². The number of ketones is 1. The van der Waals surface area contributed by atoms with Gasteiger partial charge in [0, 0.05) is 11.0 Å². The van der Waals surface area contributed by atoms with E-state index in [1.54, 1.807) is 6.08 Å². The normalized spacial score (nSPS) is 37.1. The van der Waals surface area contributed by atoms with Gasteiger partial charge in [0.25, 0.3) is 0 Å². The Morgan fingerprint density at radius 2 is 2.24 bits per heavy atom. The minimum absolute atomic E-state index is 0.0635. The maximum absolute atomic E-state index is 12.0. The number of allylic oxidation sites excluding steroid dienone is 5. The van der Waals surface area contributed by atoms with Crippen molar-refractivity contribution in [2.75, 3.05) is 0 Å². The van der Waals surface area contributed by atoms with Crippen molar-refractivity contribution in [3.63, 3.8) is 0 Å². The Hall–Kier alpha value is -1.15. The second-order valence-electron chi connectivity index (χ2n) is 5.55. The molecule has 2 nitrogen and oxygen atoms in total. The summed E-state index contributed by atoms with van der Waals surface area (Å²) in [6, 6.07) is 0. The monoisotopic (exact) mass is 232 g/mol. The molecule has 0 bridgehead atoms. The van der Waals surface area contributed by atoms with Gasteiger partial charge in [-0.1, -0.05) is 32.1 Å². The summed E-state index contributed by atoms with van der Waals surface area (Å²) >= 11 is 0. The van der Waals surface area contributed by atoms with Crippen LogP contribution in [0.15, 0.2) is 35.5 Å². The summed E-state index contributed by atoms with van der Waals surface area (Å²) in [6.07, 6.45) is 5.06. The maximum atomic E-state index is 12.0. The van der Waals surface area contributed by atoms with Gasteiger partial charge in [-0.25, -0.2) is 0 Å². The van der Waals surface area contributed by atoms with Crippen LogP contribution >= 0.6 is 0 Å². The number of fused-ring (bicyclic) bond motifs is 1. The van der Waals surface area contributed by atoms with Crippen LogP contribution in [0.5, 0.6) is 0 Å². The molecule has 1 N–H and O–H groups in total. The summed E-state index contributed by atoms with van der Waals surface area (Å²) in [6.45, 7) is 9.89. The van der Waals surface area contributed by atoms with Gasteiger partial charge < -0.3 is 5.11 Å². The molecule has 0 aromatic rings. The standard InChI is InChI=1S/C15H20O2/c1-9(2)12-8-15(4)10(3)13(16)6-5-11(15)7-14(12)17/h7-8,10,13,16H,1,5-6H2,2-4H3/t10-,13+,15+/m1/s1. The van der Waals surface area contributed by atoms with Crippen molar-refractivity contribution < 1.29 is 9.90 Å². The molecule has 0 amide bonds. The molecule has 0 radical (unpaired) electrons. The predicted octanol–water partition coefficient (Wildman–Crippen LogP) is 2.80. The number of aliphatic hydroxyl groups excluding tert-OH is 1. The highest BCUT2D eigenvalue weighted by Gasteiger charge is 2.43. The first-order chi connectivity index (χ1) is 7.86. The Morgan fingerprint density at radius 1 is 1.59 bits per heavy atom. The van der Waals surface area contributed by atoms with E-state index in [4.69, 9.17) is 0 Å².